The fourth-order valence-electron chi connectivity index (χ4n) is 4.06. The van der Waals surface area contributed by atoms with E-state index in [4.69, 9.17) is 13.9 Å². The lowest BCUT2D eigenvalue weighted by atomic mass is 9.94. The van der Waals surface area contributed by atoms with E-state index in [0.717, 1.165) is 11.1 Å². The smallest absolute Gasteiger partial charge is 0.290 e. The van der Waals surface area contributed by atoms with Crippen LogP contribution in [-0.4, -0.2) is 64.3 Å². The molecule has 4 heterocycles. The van der Waals surface area contributed by atoms with Gasteiger partial charge in [0.25, 0.3) is 11.8 Å². The molecule has 9 heteroatoms. The summed E-state index contributed by atoms with van der Waals surface area (Å²) in [5.41, 5.74) is 1.37. The van der Waals surface area contributed by atoms with Crippen molar-refractivity contribution >= 4 is 21.5 Å². The third-order valence-electron chi connectivity index (χ3n) is 5.51. The maximum absolute atomic E-state index is 13.0. The second-order valence-electron chi connectivity index (χ2n) is 7.42. The average Bonchev–Trinajstić information content (AvgIpc) is 3.08. The van der Waals surface area contributed by atoms with Gasteiger partial charge in [-0.25, -0.2) is 4.21 Å². The molecule has 2 amide bonds. The van der Waals surface area contributed by atoms with E-state index >= 15 is 0 Å². The van der Waals surface area contributed by atoms with Crippen molar-refractivity contribution in [3.05, 3.63) is 23.2 Å². The van der Waals surface area contributed by atoms with Crippen molar-refractivity contribution in [3.63, 3.8) is 0 Å². The number of carbonyl (C=O) groups excluding carboxylic acids is 2. The number of nitrogens with zero attached hydrogens (tertiary/aromatic N) is 2. The zero-order chi connectivity index (χ0) is 19.1. The summed E-state index contributed by atoms with van der Waals surface area (Å²) in [5.74, 6) is 0.519. The number of hydrogen-bond acceptors (Lipinski definition) is 6. The van der Waals surface area contributed by atoms with Crippen LogP contribution < -0.4 is 0 Å². The number of carbonyl (C=O) groups is 2. The Hall–Kier alpha value is -1.71. The predicted octanol–water partition coefficient (Wildman–Crippen LogP) is 1.37. The van der Waals surface area contributed by atoms with Crippen LogP contribution in [0.25, 0.3) is 0 Å². The second-order valence-corrected chi connectivity index (χ2v) is 9.96. The number of hydrogen-bond donors (Lipinski definition) is 0. The van der Waals surface area contributed by atoms with Crippen LogP contribution in [0.2, 0.25) is 0 Å². The van der Waals surface area contributed by atoms with E-state index in [1.54, 1.807) is 11.2 Å². The van der Waals surface area contributed by atoms with Crippen LogP contribution in [0.3, 0.4) is 0 Å². The van der Waals surface area contributed by atoms with E-state index in [1.807, 2.05) is 0 Å². The summed E-state index contributed by atoms with van der Waals surface area (Å²) in [6, 6.07) is 0. The van der Waals surface area contributed by atoms with Gasteiger partial charge in [0.05, 0.1) is 48.0 Å². The maximum atomic E-state index is 13.0. The van der Waals surface area contributed by atoms with E-state index in [0.29, 0.717) is 69.4 Å². The second kappa shape index (κ2) is 7.03. The third-order valence-corrected chi connectivity index (χ3v) is 7.79. The summed E-state index contributed by atoms with van der Waals surface area (Å²) < 4.78 is 33.5. The van der Waals surface area contributed by atoms with Crippen molar-refractivity contribution in [1.82, 2.24) is 4.90 Å². The Morgan fingerprint density at radius 3 is 2.78 bits per heavy atom. The van der Waals surface area contributed by atoms with Crippen molar-refractivity contribution in [2.24, 2.45) is 4.36 Å². The highest BCUT2D eigenvalue weighted by Gasteiger charge is 2.43. The Bertz CT molecular complexity index is 868. The lowest BCUT2D eigenvalue weighted by Crippen LogP contribution is -2.56. The lowest BCUT2D eigenvalue weighted by molar-refractivity contribution is -0.115. The summed E-state index contributed by atoms with van der Waals surface area (Å²) in [7, 11) is -2.50. The molecule has 0 bridgehead atoms. The third kappa shape index (κ3) is 3.68. The highest BCUT2D eigenvalue weighted by molar-refractivity contribution is 7.93. The Balaban J connectivity index is 1.49. The molecule has 1 spiro atoms. The fraction of sp³-hybridized carbons (Fsp3) is 0.667. The average molecular weight is 396 g/mol. The highest BCUT2D eigenvalue weighted by Crippen LogP contribution is 2.33. The lowest BCUT2D eigenvalue weighted by Gasteiger charge is -2.45. The minimum absolute atomic E-state index is 0.124. The largest absolute Gasteiger partial charge is 0.458 e. The predicted molar refractivity (Wildman–Crippen MR) is 96.9 cm³/mol. The summed E-state index contributed by atoms with van der Waals surface area (Å²) in [6.45, 7) is 3.76. The molecule has 1 aromatic heterocycles. The molecule has 0 radical (unpaired) electrons. The molecule has 1 aromatic rings. The van der Waals surface area contributed by atoms with Gasteiger partial charge in [0.15, 0.2) is 5.76 Å². The summed E-state index contributed by atoms with van der Waals surface area (Å²) in [4.78, 5) is 26.0. The molecule has 27 heavy (non-hydrogen) atoms. The van der Waals surface area contributed by atoms with Crippen molar-refractivity contribution in [2.45, 2.75) is 38.4 Å². The first kappa shape index (κ1) is 18.6. The van der Waals surface area contributed by atoms with E-state index in [2.05, 4.69) is 4.36 Å². The molecular formula is C18H24N2O6S. The molecule has 0 saturated carbocycles. The zero-order valence-electron chi connectivity index (χ0n) is 15.4. The Kier molecular flexibility index (Phi) is 4.85. The molecule has 8 nitrogen and oxygen atoms in total. The van der Waals surface area contributed by atoms with Crippen LogP contribution in [0.1, 0.15) is 41.4 Å². The topological polar surface area (TPSA) is 98.4 Å². The van der Waals surface area contributed by atoms with Crippen molar-refractivity contribution in [2.75, 3.05) is 37.8 Å². The molecule has 0 aromatic carbocycles. The monoisotopic (exact) mass is 396 g/mol. The SMILES string of the molecule is CC(=O)N=S1(=O)CCC2(CC1)CN(C(=O)c1occ3c1CCOC3)CCO2. The minimum Gasteiger partial charge on any atom is -0.458 e. The summed E-state index contributed by atoms with van der Waals surface area (Å²) in [6.07, 6.45) is 3.33. The first-order valence-electron chi connectivity index (χ1n) is 9.23. The number of furan rings is 1. The van der Waals surface area contributed by atoms with E-state index < -0.39 is 21.2 Å². The van der Waals surface area contributed by atoms with Crippen LogP contribution in [-0.2, 0) is 37.0 Å². The number of ether oxygens (including phenoxy) is 2. The van der Waals surface area contributed by atoms with E-state index in [1.165, 1.54) is 6.92 Å². The van der Waals surface area contributed by atoms with Crippen LogP contribution in [0.5, 0.6) is 0 Å². The van der Waals surface area contributed by atoms with Gasteiger partial charge in [-0.2, -0.15) is 4.36 Å². The summed E-state index contributed by atoms with van der Waals surface area (Å²) in [5, 5.41) is 0. The molecule has 148 valence electrons. The van der Waals surface area contributed by atoms with Crippen molar-refractivity contribution in [3.8, 4) is 0 Å². The van der Waals surface area contributed by atoms with Gasteiger partial charge in [0, 0.05) is 42.5 Å². The summed E-state index contributed by atoms with van der Waals surface area (Å²) >= 11 is 0. The molecule has 2 fully saturated rings. The van der Waals surface area contributed by atoms with Gasteiger partial charge < -0.3 is 18.8 Å². The van der Waals surface area contributed by atoms with E-state index in [9.17, 15) is 13.8 Å². The number of rotatable bonds is 1. The van der Waals surface area contributed by atoms with Gasteiger partial charge in [-0.15, -0.1) is 0 Å². The number of amides is 2. The highest BCUT2D eigenvalue weighted by atomic mass is 32.2. The number of fused-ring (bicyclic) bond motifs is 1. The Morgan fingerprint density at radius 1 is 1.26 bits per heavy atom. The zero-order valence-corrected chi connectivity index (χ0v) is 16.2. The first-order chi connectivity index (χ1) is 12.9. The maximum Gasteiger partial charge on any atom is 0.290 e. The normalized spacial score (nSPS) is 30.8. The van der Waals surface area contributed by atoms with Crippen LogP contribution in [0, 0.1) is 0 Å². The molecule has 4 rings (SSSR count). The molecule has 0 unspecified atom stereocenters. The van der Waals surface area contributed by atoms with Crippen LogP contribution in [0.15, 0.2) is 15.0 Å². The molecule has 2 saturated heterocycles. The molecule has 3 aliphatic heterocycles. The van der Waals surface area contributed by atoms with Gasteiger partial charge in [0.1, 0.15) is 0 Å². The quantitative estimate of drug-likeness (QED) is 0.711. The molecule has 0 N–H and O–H groups in total. The Morgan fingerprint density at radius 2 is 2.04 bits per heavy atom. The van der Waals surface area contributed by atoms with E-state index in [-0.39, 0.29) is 5.91 Å². The molecule has 0 aliphatic carbocycles. The van der Waals surface area contributed by atoms with Crippen molar-refractivity contribution in [1.29, 1.82) is 0 Å². The standard InChI is InChI=1S/C18H24N2O6S/c1-13(21)19-27(23)8-3-18(4-9-27)12-20(5-7-26-18)17(22)16-15-2-6-24-10-14(15)11-25-16/h11H,2-10,12H2,1H3. The van der Waals surface area contributed by atoms with Gasteiger partial charge in [0.2, 0.25) is 0 Å². The number of morpholine rings is 1. The van der Waals surface area contributed by atoms with Gasteiger partial charge in [-0.3, -0.25) is 9.59 Å². The van der Waals surface area contributed by atoms with Gasteiger partial charge >= 0.3 is 0 Å². The molecule has 3 aliphatic rings. The molecular weight excluding hydrogens is 372 g/mol. The Labute approximate surface area is 158 Å². The van der Waals surface area contributed by atoms with Gasteiger partial charge in [-0.05, 0) is 12.8 Å². The van der Waals surface area contributed by atoms with Crippen LogP contribution >= 0.6 is 0 Å². The minimum atomic E-state index is -2.50. The van der Waals surface area contributed by atoms with Crippen LogP contribution in [0.4, 0.5) is 0 Å². The molecule has 0 atom stereocenters. The first-order valence-corrected chi connectivity index (χ1v) is 11.1. The van der Waals surface area contributed by atoms with Crippen molar-refractivity contribution < 1.29 is 27.7 Å². The van der Waals surface area contributed by atoms with Gasteiger partial charge in [-0.1, -0.05) is 0 Å². The fourth-order valence-corrected chi connectivity index (χ4v) is 6.29.